The van der Waals surface area contributed by atoms with Crippen molar-refractivity contribution >= 4 is 17.5 Å². The third-order valence-electron chi connectivity index (χ3n) is 1.95. The first-order chi connectivity index (χ1) is 7.09. The first-order valence-corrected chi connectivity index (χ1v) is 5.51. The predicted molar refractivity (Wildman–Crippen MR) is 65.0 cm³/mol. The van der Waals surface area contributed by atoms with E-state index >= 15 is 0 Å². The molecule has 0 aliphatic heterocycles. The number of hydrogen-bond donors (Lipinski definition) is 1. The lowest BCUT2D eigenvalue weighted by Gasteiger charge is -2.08. The lowest BCUT2D eigenvalue weighted by molar-refractivity contribution is -0.118. The van der Waals surface area contributed by atoms with Crippen LogP contribution in [-0.2, 0) is 4.79 Å². The monoisotopic (exact) mass is 227 g/mol. The van der Waals surface area contributed by atoms with Crippen molar-refractivity contribution in [3.63, 3.8) is 0 Å². The Balaban J connectivity index is 0.000000921. The highest BCUT2D eigenvalue weighted by atomic mass is 35.5. The molecule has 2 nitrogen and oxygen atoms in total. The van der Waals surface area contributed by atoms with Gasteiger partial charge in [0.2, 0.25) is 5.91 Å². The average molecular weight is 228 g/mol. The van der Waals surface area contributed by atoms with Gasteiger partial charge in [0, 0.05) is 11.4 Å². The molecule has 0 aliphatic rings. The van der Waals surface area contributed by atoms with Gasteiger partial charge in [0.1, 0.15) is 0 Å². The maximum absolute atomic E-state index is 10.6. The summed E-state index contributed by atoms with van der Waals surface area (Å²) in [6.07, 6.45) is 0.377. The normalized spacial score (nSPS) is 11.2. The zero-order valence-electron chi connectivity index (χ0n) is 9.46. The number of amides is 1. The second-order valence-electron chi connectivity index (χ2n) is 3.12. The number of benzene rings is 1. The maximum atomic E-state index is 10.6. The zero-order chi connectivity index (χ0) is 11.8. The predicted octanol–water partition coefficient (Wildman–Crippen LogP) is 3.35. The van der Waals surface area contributed by atoms with Crippen molar-refractivity contribution in [2.75, 3.05) is 0 Å². The average Bonchev–Trinajstić information content (AvgIpc) is 2.20. The van der Waals surface area contributed by atoms with Crippen LogP contribution in [0.2, 0.25) is 5.02 Å². The number of carbonyl (C=O) groups excluding carboxylic acids is 1. The lowest BCUT2D eigenvalue weighted by atomic mass is 9.98. The number of primary amides is 1. The molecule has 1 rings (SSSR count). The van der Waals surface area contributed by atoms with Crippen LogP contribution in [0.25, 0.3) is 0 Å². The zero-order valence-corrected chi connectivity index (χ0v) is 10.2. The van der Waals surface area contributed by atoms with Crippen LogP contribution in [-0.4, -0.2) is 5.91 Å². The van der Waals surface area contributed by atoms with Gasteiger partial charge in [-0.2, -0.15) is 0 Å². The smallest absolute Gasteiger partial charge is 0.218 e. The SMILES string of the molecule is CC.CC(CC(N)=O)c1ccc(Cl)cc1. The fourth-order valence-corrected chi connectivity index (χ4v) is 1.34. The molecule has 0 saturated heterocycles. The van der Waals surface area contributed by atoms with E-state index in [4.69, 9.17) is 17.3 Å². The number of nitrogens with two attached hydrogens (primary N) is 1. The molecular formula is C12H18ClNO. The molecule has 84 valence electrons. The van der Waals surface area contributed by atoms with Crippen molar-refractivity contribution in [1.29, 1.82) is 0 Å². The van der Waals surface area contributed by atoms with E-state index in [9.17, 15) is 4.79 Å². The van der Waals surface area contributed by atoms with Crippen molar-refractivity contribution < 1.29 is 4.79 Å². The van der Waals surface area contributed by atoms with Crippen LogP contribution in [0.15, 0.2) is 24.3 Å². The Kier molecular flexibility index (Phi) is 6.80. The van der Waals surface area contributed by atoms with Crippen molar-refractivity contribution in [3.05, 3.63) is 34.9 Å². The lowest BCUT2D eigenvalue weighted by Crippen LogP contribution is -2.13. The van der Waals surface area contributed by atoms with Gasteiger partial charge < -0.3 is 5.73 Å². The van der Waals surface area contributed by atoms with Gasteiger partial charge >= 0.3 is 0 Å². The van der Waals surface area contributed by atoms with Gasteiger partial charge in [-0.25, -0.2) is 0 Å². The van der Waals surface area contributed by atoms with E-state index in [1.54, 1.807) is 0 Å². The van der Waals surface area contributed by atoms with Gasteiger partial charge in [0.15, 0.2) is 0 Å². The fraction of sp³-hybridized carbons (Fsp3) is 0.417. The standard InChI is InChI=1S/C10H12ClNO.C2H6/c1-7(6-10(12)13)8-2-4-9(11)5-3-8;1-2/h2-5,7H,6H2,1H3,(H2,12,13);1-2H3. The molecule has 0 aliphatic carbocycles. The van der Waals surface area contributed by atoms with Crippen molar-refractivity contribution in [2.24, 2.45) is 5.73 Å². The summed E-state index contributed by atoms with van der Waals surface area (Å²) in [6.45, 7) is 5.97. The molecule has 1 aromatic carbocycles. The second kappa shape index (κ2) is 7.30. The summed E-state index contributed by atoms with van der Waals surface area (Å²) >= 11 is 5.73. The molecule has 0 saturated carbocycles. The second-order valence-corrected chi connectivity index (χ2v) is 3.56. The van der Waals surface area contributed by atoms with Crippen LogP contribution >= 0.6 is 11.6 Å². The molecule has 0 bridgehead atoms. The molecule has 0 heterocycles. The molecule has 1 atom stereocenters. The molecule has 0 spiro atoms. The Labute approximate surface area is 96.4 Å². The topological polar surface area (TPSA) is 43.1 Å². The van der Waals surface area contributed by atoms with Gasteiger partial charge in [0.25, 0.3) is 0 Å². The van der Waals surface area contributed by atoms with Gasteiger partial charge in [-0.15, -0.1) is 0 Å². The summed E-state index contributed by atoms with van der Waals surface area (Å²) < 4.78 is 0. The molecule has 0 radical (unpaired) electrons. The fourth-order valence-electron chi connectivity index (χ4n) is 1.21. The van der Waals surface area contributed by atoms with Gasteiger partial charge in [-0.3, -0.25) is 4.79 Å². The summed E-state index contributed by atoms with van der Waals surface area (Å²) in [5, 5.41) is 0.704. The molecule has 0 aromatic heterocycles. The number of rotatable bonds is 3. The highest BCUT2D eigenvalue weighted by Crippen LogP contribution is 2.20. The molecular weight excluding hydrogens is 210 g/mol. The minimum Gasteiger partial charge on any atom is -0.370 e. The first kappa shape index (κ1) is 14.0. The van der Waals surface area contributed by atoms with E-state index in [0.29, 0.717) is 11.4 Å². The van der Waals surface area contributed by atoms with Gasteiger partial charge in [0.05, 0.1) is 0 Å². The summed E-state index contributed by atoms with van der Waals surface area (Å²) in [5.41, 5.74) is 6.18. The van der Waals surface area contributed by atoms with E-state index in [0.717, 1.165) is 5.56 Å². The number of carbonyl (C=O) groups is 1. The van der Waals surface area contributed by atoms with E-state index in [2.05, 4.69) is 0 Å². The minimum absolute atomic E-state index is 0.162. The van der Waals surface area contributed by atoms with E-state index in [1.807, 2.05) is 45.0 Å². The molecule has 1 amide bonds. The summed E-state index contributed by atoms with van der Waals surface area (Å²) in [4.78, 5) is 10.6. The van der Waals surface area contributed by atoms with Gasteiger partial charge in [-0.1, -0.05) is 44.5 Å². The van der Waals surface area contributed by atoms with Gasteiger partial charge in [-0.05, 0) is 23.6 Å². The Bertz CT molecular complexity index is 295. The number of halogens is 1. The van der Waals surface area contributed by atoms with Crippen LogP contribution in [0.3, 0.4) is 0 Å². The van der Waals surface area contributed by atoms with Crippen molar-refractivity contribution in [2.45, 2.75) is 33.1 Å². The largest absolute Gasteiger partial charge is 0.370 e. The minimum atomic E-state index is -0.276. The van der Waals surface area contributed by atoms with E-state index in [-0.39, 0.29) is 11.8 Å². The Morgan fingerprint density at radius 3 is 2.20 bits per heavy atom. The summed E-state index contributed by atoms with van der Waals surface area (Å²) in [5.74, 6) is -0.114. The van der Waals surface area contributed by atoms with Crippen molar-refractivity contribution in [1.82, 2.24) is 0 Å². The molecule has 0 fully saturated rings. The van der Waals surface area contributed by atoms with E-state index < -0.39 is 0 Å². The molecule has 3 heteroatoms. The summed E-state index contributed by atoms with van der Waals surface area (Å²) in [7, 11) is 0. The van der Waals surface area contributed by atoms with Crippen LogP contribution in [0.1, 0.15) is 38.7 Å². The van der Waals surface area contributed by atoms with Crippen LogP contribution < -0.4 is 5.73 Å². The molecule has 1 aromatic rings. The molecule has 1 unspecified atom stereocenters. The van der Waals surface area contributed by atoms with Crippen LogP contribution in [0.4, 0.5) is 0 Å². The Morgan fingerprint density at radius 2 is 1.80 bits per heavy atom. The van der Waals surface area contributed by atoms with Crippen LogP contribution in [0, 0.1) is 0 Å². The van der Waals surface area contributed by atoms with Crippen LogP contribution in [0.5, 0.6) is 0 Å². The highest BCUT2D eigenvalue weighted by Gasteiger charge is 2.07. The van der Waals surface area contributed by atoms with E-state index in [1.165, 1.54) is 0 Å². The first-order valence-electron chi connectivity index (χ1n) is 5.13. The Hall–Kier alpha value is -1.02. The third kappa shape index (κ3) is 5.43. The maximum Gasteiger partial charge on any atom is 0.218 e. The molecule has 2 N–H and O–H groups in total. The third-order valence-corrected chi connectivity index (χ3v) is 2.20. The molecule has 15 heavy (non-hydrogen) atoms. The number of hydrogen-bond acceptors (Lipinski definition) is 1. The highest BCUT2D eigenvalue weighted by molar-refractivity contribution is 6.30. The van der Waals surface area contributed by atoms with Crippen molar-refractivity contribution in [3.8, 4) is 0 Å². The quantitative estimate of drug-likeness (QED) is 0.846. The summed E-state index contributed by atoms with van der Waals surface area (Å²) in [6, 6.07) is 7.45. The Morgan fingerprint density at radius 1 is 1.33 bits per heavy atom.